The number of carboxylic acids is 1. The average Bonchev–Trinajstić information content (AvgIpc) is 2.23. The number of carbonyl (C=O) groups excluding carboxylic acids is 1. The van der Waals surface area contributed by atoms with Crippen molar-refractivity contribution in [3.8, 4) is 0 Å². The third-order valence-electron chi connectivity index (χ3n) is 2.79. The molecule has 96 valence electrons. The minimum atomic E-state index is -0.862. The number of aliphatic carboxylic acids is 1. The van der Waals surface area contributed by atoms with Crippen LogP contribution in [0.4, 0.5) is 4.79 Å². The van der Waals surface area contributed by atoms with Crippen molar-refractivity contribution in [1.82, 2.24) is 4.90 Å². The maximum Gasteiger partial charge on any atom is 0.410 e. The molecule has 1 atom stereocenters. The first-order valence-corrected chi connectivity index (χ1v) is 5.61. The van der Waals surface area contributed by atoms with Crippen molar-refractivity contribution in [3.63, 3.8) is 0 Å². The Labute approximate surface area is 101 Å². The van der Waals surface area contributed by atoms with Gasteiger partial charge in [-0.05, 0) is 11.8 Å². The van der Waals surface area contributed by atoms with Gasteiger partial charge in [0.25, 0.3) is 0 Å². The summed E-state index contributed by atoms with van der Waals surface area (Å²) in [5.41, 5.74) is -0.200. The lowest BCUT2D eigenvalue weighted by Crippen LogP contribution is -2.49. The predicted octanol–water partition coefficient (Wildman–Crippen LogP) is 1.74. The molecule has 1 saturated heterocycles. The Kier molecular flexibility index (Phi) is 4.15. The van der Waals surface area contributed by atoms with Gasteiger partial charge in [-0.3, -0.25) is 4.79 Å². The standard InChI is InChI=1S/C12H19NO4/c1-4-5-17-11(16)13-7-9(10(14)15)6-12(2,3)8-13/h4,9H,1,5-8H2,2-3H3,(H,14,15). The van der Waals surface area contributed by atoms with E-state index in [1.807, 2.05) is 13.8 Å². The number of amides is 1. The summed E-state index contributed by atoms with van der Waals surface area (Å²) in [6.07, 6.45) is 1.60. The van der Waals surface area contributed by atoms with Crippen molar-refractivity contribution in [2.45, 2.75) is 20.3 Å². The fourth-order valence-corrected chi connectivity index (χ4v) is 2.17. The van der Waals surface area contributed by atoms with Crippen LogP contribution < -0.4 is 0 Å². The molecule has 5 heteroatoms. The molecule has 1 amide bonds. The van der Waals surface area contributed by atoms with Gasteiger partial charge in [0.1, 0.15) is 6.61 Å². The smallest absolute Gasteiger partial charge is 0.410 e. The minimum Gasteiger partial charge on any atom is -0.481 e. The van der Waals surface area contributed by atoms with Gasteiger partial charge < -0.3 is 14.7 Å². The topological polar surface area (TPSA) is 66.8 Å². The summed E-state index contributed by atoms with van der Waals surface area (Å²) >= 11 is 0. The van der Waals surface area contributed by atoms with E-state index in [-0.39, 0.29) is 18.6 Å². The monoisotopic (exact) mass is 241 g/mol. The SMILES string of the molecule is C=CCOC(=O)N1CC(C(=O)O)CC(C)(C)C1. The van der Waals surface area contributed by atoms with E-state index in [1.165, 1.54) is 11.0 Å². The van der Waals surface area contributed by atoms with Crippen LogP contribution in [0.1, 0.15) is 20.3 Å². The summed E-state index contributed by atoms with van der Waals surface area (Å²) in [7, 11) is 0. The van der Waals surface area contributed by atoms with Crippen LogP contribution in [0.3, 0.4) is 0 Å². The summed E-state index contributed by atoms with van der Waals surface area (Å²) in [4.78, 5) is 24.2. The number of hydrogen-bond acceptors (Lipinski definition) is 3. The van der Waals surface area contributed by atoms with Crippen LogP contribution in [0.2, 0.25) is 0 Å². The molecule has 1 aliphatic rings. The third-order valence-corrected chi connectivity index (χ3v) is 2.79. The molecule has 5 nitrogen and oxygen atoms in total. The van der Waals surface area contributed by atoms with Crippen molar-refractivity contribution in [2.75, 3.05) is 19.7 Å². The Balaban J connectivity index is 2.69. The highest BCUT2D eigenvalue weighted by Crippen LogP contribution is 2.32. The molecule has 0 aromatic rings. The van der Waals surface area contributed by atoms with Gasteiger partial charge >= 0.3 is 12.1 Å². The molecular weight excluding hydrogens is 222 g/mol. The van der Waals surface area contributed by atoms with Crippen LogP contribution in [-0.2, 0) is 9.53 Å². The molecule has 0 aliphatic carbocycles. The fraction of sp³-hybridized carbons (Fsp3) is 0.667. The Hall–Kier alpha value is -1.52. The highest BCUT2D eigenvalue weighted by Gasteiger charge is 2.38. The second kappa shape index (κ2) is 5.21. The highest BCUT2D eigenvalue weighted by atomic mass is 16.6. The number of nitrogens with zero attached hydrogens (tertiary/aromatic N) is 1. The van der Waals surface area contributed by atoms with E-state index >= 15 is 0 Å². The van der Waals surface area contributed by atoms with E-state index in [4.69, 9.17) is 9.84 Å². The number of carboxylic acid groups (broad SMARTS) is 1. The van der Waals surface area contributed by atoms with Crippen LogP contribution in [0.15, 0.2) is 12.7 Å². The normalized spacial score (nSPS) is 22.9. The molecule has 1 N–H and O–H groups in total. The Morgan fingerprint density at radius 1 is 1.59 bits per heavy atom. The molecule has 17 heavy (non-hydrogen) atoms. The molecule has 1 fully saturated rings. The molecule has 1 aliphatic heterocycles. The van der Waals surface area contributed by atoms with E-state index < -0.39 is 18.0 Å². The lowest BCUT2D eigenvalue weighted by atomic mass is 9.79. The zero-order valence-electron chi connectivity index (χ0n) is 10.3. The lowest BCUT2D eigenvalue weighted by Gasteiger charge is -2.40. The van der Waals surface area contributed by atoms with Crippen molar-refractivity contribution in [1.29, 1.82) is 0 Å². The predicted molar refractivity (Wildman–Crippen MR) is 62.6 cm³/mol. The van der Waals surface area contributed by atoms with Gasteiger partial charge in [0.05, 0.1) is 5.92 Å². The van der Waals surface area contributed by atoms with Crippen LogP contribution >= 0.6 is 0 Å². The number of hydrogen-bond donors (Lipinski definition) is 1. The minimum absolute atomic E-state index is 0.146. The third kappa shape index (κ3) is 3.76. The second-order valence-electron chi connectivity index (χ2n) is 5.15. The van der Waals surface area contributed by atoms with Crippen molar-refractivity contribution >= 4 is 12.1 Å². The molecule has 1 heterocycles. The zero-order chi connectivity index (χ0) is 13.1. The lowest BCUT2D eigenvalue weighted by molar-refractivity contribution is -0.145. The van der Waals surface area contributed by atoms with Gasteiger partial charge in [-0.2, -0.15) is 0 Å². The Morgan fingerprint density at radius 3 is 2.76 bits per heavy atom. The van der Waals surface area contributed by atoms with E-state index in [0.29, 0.717) is 13.0 Å². The molecule has 0 bridgehead atoms. The number of ether oxygens (including phenoxy) is 1. The van der Waals surface area contributed by atoms with E-state index in [0.717, 1.165) is 0 Å². The van der Waals surface area contributed by atoms with Gasteiger partial charge in [0.15, 0.2) is 0 Å². The van der Waals surface area contributed by atoms with Gasteiger partial charge in [-0.25, -0.2) is 4.79 Å². The quantitative estimate of drug-likeness (QED) is 0.764. The molecule has 0 aromatic carbocycles. The maximum atomic E-state index is 11.7. The van der Waals surface area contributed by atoms with Crippen LogP contribution in [0, 0.1) is 11.3 Å². The average molecular weight is 241 g/mol. The van der Waals surface area contributed by atoms with E-state index in [9.17, 15) is 9.59 Å². The first-order valence-electron chi connectivity index (χ1n) is 5.61. The molecule has 0 spiro atoms. The van der Waals surface area contributed by atoms with Gasteiger partial charge in [-0.15, -0.1) is 0 Å². The Bertz CT molecular complexity index is 324. The number of carbonyl (C=O) groups is 2. The first-order chi connectivity index (χ1) is 7.85. The Morgan fingerprint density at radius 2 is 2.24 bits per heavy atom. The first kappa shape index (κ1) is 13.5. The largest absolute Gasteiger partial charge is 0.481 e. The van der Waals surface area contributed by atoms with Crippen LogP contribution in [0.5, 0.6) is 0 Å². The maximum absolute atomic E-state index is 11.7. The number of rotatable bonds is 3. The molecule has 1 unspecified atom stereocenters. The highest BCUT2D eigenvalue weighted by molar-refractivity contribution is 5.73. The number of likely N-dealkylation sites (tertiary alicyclic amines) is 1. The van der Waals surface area contributed by atoms with Crippen molar-refractivity contribution < 1.29 is 19.4 Å². The molecular formula is C12H19NO4. The summed E-state index contributed by atoms with van der Waals surface area (Å²) in [5.74, 6) is -1.38. The summed E-state index contributed by atoms with van der Waals surface area (Å²) in [6.45, 7) is 8.25. The van der Waals surface area contributed by atoms with Crippen LogP contribution in [0.25, 0.3) is 0 Å². The fourth-order valence-electron chi connectivity index (χ4n) is 2.17. The molecule has 0 radical (unpaired) electrons. The summed E-state index contributed by atoms with van der Waals surface area (Å²) in [6, 6.07) is 0. The molecule has 0 aromatic heterocycles. The van der Waals surface area contributed by atoms with Gasteiger partial charge in [0, 0.05) is 13.1 Å². The van der Waals surface area contributed by atoms with E-state index in [2.05, 4.69) is 6.58 Å². The van der Waals surface area contributed by atoms with Gasteiger partial charge in [0.2, 0.25) is 0 Å². The second-order valence-corrected chi connectivity index (χ2v) is 5.15. The summed E-state index contributed by atoms with van der Waals surface area (Å²) in [5, 5.41) is 9.05. The molecule has 1 rings (SSSR count). The summed E-state index contributed by atoms with van der Waals surface area (Å²) < 4.78 is 4.93. The molecule has 0 saturated carbocycles. The zero-order valence-corrected chi connectivity index (χ0v) is 10.3. The van der Waals surface area contributed by atoms with Crippen molar-refractivity contribution in [3.05, 3.63) is 12.7 Å². The van der Waals surface area contributed by atoms with E-state index in [1.54, 1.807) is 0 Å². The number of piperidine rings is 1. The van der Waals surface area contributed by atoms with Gasteiger partial charge in [-0.1, -0.05) is 26.5 Å². The van der Waals surface area contributed by atoms with Crippen molar-refractivity contribution in [2.24, 2.45) is 11.3 Å². The van der Waals surface area contributed by atoms with Crippen LogP contribution in [-0.4, -0.2) is 41.8 Å².